The number of thioether (sulfide) groups is 1. The summed E-state index contributed by atoms with van der Waals surface area (Å²) in [5, 5.41) is 9.50. The first-order valence-corrected chi connectivity index (χ1v) is 10.3. The third-order valence-corrected chi connectivity index (χ3v) is 6.34. The van der Waals surface area contributed by atoms with Crippen molar-refractivity contribution in [3.63, 3.8) is 0 Å². The zero-order valence-corrected chi connectivity index (χ0v) is 16.9. The van der Waals surface area contributed by atoms with E-state index in [2.05, 4.69) is 15.1 Å². The molecule has 144 valence electrons. The molecule has 11 heteroatoms. The van der Waals surface area contributed by atoms with E-state index in [1.165, 1.54) is 30.2 Å². The van der Waals surface area contributed by atoms with Crippen LogP contribution < -0.4 is 15.4 Å². The van der Waals surface area contributed by atoms with Gasteiger partial charge < -0.3 is 20.3 Å². The number of rotatable bonds is 6. The molecule has 0 atom stereocenters. The smallest absolute Gasteiger partial charge is 0.257 e. The van der Waals surface area contributed by atoms with E-state index in [1.54, 1.807) is 23.1 Å². The van der Waals surface area contributed by atoms with E-state index in [9.17, 15) is 9.59 Å². The van der Waals surface area contributed by atoms with E-state index >= 15 is 0 Å². The van der Waals surface area contributed by atoms with Crippen LogP contribution in [0.25, 0.3) is 0 Å². The first-order chi connectivity index (χ1) is 13.0. The van der Waals surface area contributed by atoms with E-state index < -0.39 is 0 Å². The summed E-state index contributed by atoms with van der Waals surface area (Å²) >= 11 is 8.72. The Morgan fingerprint density at radius 1 is 1.30 bits per heavy atom. The summed E-state index contributed by atoms with van der Waals surface area (Å²) in [4.78, 5) is 27.5. The SMILES string of the molecule is COc1ccc(Cl)cc1C(=O)N1CCN(c2nnc(SCC(N)=O)s2)CC1. The average Bonchev–Trinajstić information content (AvgIpc) is 3.15. The summed E-state index contributed by atoms with van der Waals surface area (Å²) in [7, 11) is 1.53. The van der Waals surface area contributed by atoms with E-state index in [0.29, 0.717) is 46.9 Å². The molecule has 2 N–H and O–H groups in total. The predicted molar refractivity (Wildman–Crippen MR) is 106 cm³/mol. The van der Waals surface area contributed by atoms with Crippen LogP contribution in [-0.2, 0) is 4.79 Å². The van der Waals surface area contributed by atoms with Crippen LogP contribution in [0.5, 0.6) is 5.75 Å². The number of carbonyl (C=O) groups is 2. The lowest BCUT2D eigenvalue weighted by Gasteiger charge is -2.34. The summed E-state index contributed by atoms with van der Waals surface area (Å²) in [6.45, 7) is 2.39. The lowest BCUT2D eigenvalue weighted by Crippen LogP contribution is -2.48. The van der Waals surface area contributed by atoms with Gasteiger partial charge in [0.05, 0.1) is 18.4 Å². The van der Waals surface area contributed by atoms with Crippen LogP contribution in [-0.4, -0.2) is 66.0 Å². The van der Waals surface area contributed by atoms with Crippen molar-refractivity contribution >= 4 is 51.6 Å². The fourth-order valence-corrected chi connectivity index (χ4v) is 4.44. The number of hydrogen-bond acceptors (Lipinski definition) is 8. The number of aromatic nitrogens is 2. The minimum atomic E-state index is -0.389. The molecule has 2 amide bonds. The third kappa shape index (κ3) is 4.82. The van der Waals surface area contributed by atoms with E-state index in [-0.39, 0.29) is 17.6 Å². The second-order valence-corrected chi connectivity index (χ2v) is 8.34. The van der Waals surface area contributed by atoms with Gasteiger partial charge in [-0.2, -0.15) is 0 Å². The number of anilines is 1. The molecule has 1 saturated heterocycles. The number of halogens is 1. The molecule has 3 rings (SSSR count). The largest absolute Gasteiger partial charge is 0.496 e. The van der Waals surface area contributed by atoms with Crippen molar-refractivity contribution in [3.05, 3.63) is 28.8 Å². The van der Waals surface area contributed by atoms with Crippen molar-refractivity contribution < 1.29 is 14.3 Å². The highest BCUT2D eigenvalue weighted by Gasteiger charge is 2.26. The number of amides is 2. The first-order valence-electron chi connectivity index (χ1n) is 8.10. The maximum Gasteiger partial charge on any atom is 0.257 e. The van der Waals surface area contributed by atoms with Crippen molar-refractivity contribution in [3.8, 4) is 5.75 Å². The van der Waals surface area contributed by atoms with Crippen molar-refractivity contribution in [2.24, 2.45) is 5.73 Å². The standard InChI is InChI=1S/C16H18ClN5O3S2/c1-25-12-3-2-10(17)8-11(12)14(24)21-4-6-22(7-5-21)15-19-20-16(27-15)26-9-13(18)23/h2-3,8H,4-7,9H2,1H3,(H2,18,23). The van der Waals surface area contributed by atoms with Gasteiger partial charge in [0.2, 0.25) is 11.0 Å². The molecule has 0 spiro atoms. The Morgan fingerprint density at radius 3 is 2.70 bits per heavy atom. The van der Waals surface area contributed by atoms with Crippen LogP contribution in [0.4, 0.5) is 5.13 Å². The lowest BCUT2D eigenvalue weighted by molar-refractivity contribution is -0.115. The number of methoxy groups -OCH3 is 1. The molecule has 8 nitrogen and oxygen atoms in total. The normalized spacial score (nSPS) is 14.3. The Balaban J connectivity index is 1.61. The molecule has 0 radical (unpaired) electrons. The molecule has 27 heavy (non-hydrogen) atoms. The molecule has 1 aliphatic rings. The highest BCUT2D eigenvalue weighted by molar-refractivity contribution is 8.01. The molecule has 1 aliphatic heterocycles. The van der Waals surface area contributed by atoms with E-state index in [1.807, 2.05) is 0 Å². The number of benzene rings is 1. The molecule has 1 aromatic heterocycles. The first kappa shape index (κ1) is 19.7. The molecule has 0 bridgehead atoms. The fraction of sp³-hybridized carbons (Fsp3) is 0.375. The maximum absolute atomic E-state index is 12.8. The number of piperazine rings is 1. The zero-order chi connectivity index (χ0) is 19.4. The number of ether oxygens (including phenoxy) is 1. The van der Waals surface area contributed by atoms with Gasteiger partial charge >= 0.3 is 0 Å². The quantitative estimate of drug-likeness (QED) is 0.700. The van der Waals surface area contributed by atoms with Crippen LogP contribution in [0, 0.1) is 0 Å². The number of primary amides is 1. The van der Waals surface area contributed by atoms with Crippen molar-refractivity contribution in [1.82, 2.24) is 15.1 Å². The fourth-order valence-electron chi connectivity index (χ4n) is 2.64. The molecular weight excluding hydrogens is 410 g/mol. The predicted octanol–water partition coefficient (Wildman–Crippen LogP) is 1.74. The summed E-state index contributed by atoms with van der Waals surface area (Å²) in [6.07, 6.45) is 0. The molecule has 2 heterocycles. The van der Waals surface area contributed by atoms with Gasteiger partial charge in [0.15, 0.2) is 4.34 Å². The Hall–Kier alpha value is -2.04. The molecule has 0 unspecified atom stereocenters. The van der Waals surface area contributed by atoms with Gasteiger partial charge in [-0.3, -0.25) is 9.59 Å². The highest BCUT2D eigenvalue weighted by atomic mass is 35.5. The lowest BCUT2D eigenvalue weighted by atomic mass is 10.1. The van der Waals surface area contributed by atoms with Crippen LogP contribution in [0.2, 0.25) is 5.02 Å². The topological polar surface area (TPSA) is 102 Å². The monoisotopic (exact) mass is 427 g/mol. The Labute approximate surface area is 169 Å². The number of carbonyl (C=O) groups excluding carboxylic acids is 2. The van der Waals surface area contributed by atoms with Crippen LogP contribution in [0.3, 0.4) is 0 Å². The Bertz CT molecular complexity index is 839. The van der Waals surface area contributed by atoms with E-state index in [4.69, 9.17) is 22.1 Å². The molecule has 1 fully saturated rings. The Kier molecular flexibility index (Phi) is 6.40. The second-order valence-electron chi connectivity index (χ2n) is 5.73. The summed E-state index contributed by atoms with van der Waals surface area (Å²) in [6, 6.07) is 5.01. The van der Waals surface area contributed by atoms with Crippen LogP contribution >= 0.6 is 34.7 Å². The minimum Gasteiger partial charge on any atom is -0.496 e. The van der Waals surface area contributed by atoms with Gasteiger partial charge in [0.1, 0.15) is 5.75 Å². The van der Waals surface area contributed by atoms with Crippen molar-refractivity contribution in [2.75, 3.05) is 43.9 Å². The van der Waals surface area contributed by atoms with Gasteiger partial charge in [0, 0.05) is 31.2 Å². The maximum atomic E-state index is 12.8. The minimum absolute atomic E-state index is 0.107. The van der Waals surface area contributed by atoms with Gasteiger partial charge in [-0.25, -0.2) is 0 Å². The van der Waals surface area contributed by atoms with Crippen molar-refractivity contribution in [2.45, 2.75) is 4.34 Å². The summed E-state index contributed by atoms with van der Waals surface area (Å²) in [5.74, 6) is 0.189. The van der Waals surface area contributed by atoms with Gasteiger partial charge in [0.25, 0.3) is 5.91 Å². The third-order valence-electron chi connectivity index (χ3n) is 3.96. The molecular formula is C16H18ClN5O3S2. The van der Waals surface area contributed by atoms with Crippen molar-refractivity contribution in [1.29, 1.82) is 0 Å². The number of hydrogen-bond donors (Lipinski definition) is 1. The zero-order valence-electron chi connectivity index (χ0n) is 14.6. The highest BCUT2D eigenvalue weighted by Crippen LogP contribution is 2.29. The molecule has 1 aromatic carbocycles. The Morgan fingerprint density at radius 2 is 2.04 bits per heavy atom. The second kappa shape index (κ2) is 8.77. The number of nitrogens with zero attached hydrogens (tertiary/aromatic N) is 4. The van der Waals surface area contributed by atoms with Crippen LogP contribution in [0.15, 0.2) is 22.5 Å². The number of nitrogens with two attached hydrogens (primary N) is 1. The van der Waals surface area contributed by atoms with Gasteiger partial charge in [-0.05, 0) is 18.2 Å². The molecule has 0 saturated carbocycles. The van der Waals surface area contributed by atoms with Gasteiger partial charge in [-0.1, -0.05) is 34.7 Å². The summed E-state index contributed by atoms with van der Waals surface area (Å²) in [5.41, 5.74) is 5.60. The molecule has 2 aromatic rings. The van der Waals surface area contributed by atoms with Crippen LogP contribution in [0.1, 0.15) is 10.4 Å². The average molecular weight is 428 g/mol. The molecule has 0 aliphatic carbocycles. The van der Waals surface area contributed by atoms with E-state index in [0.717, 1.165) is 5.13 Å². The summed E-state index contributed by atoms with van der Waals surface area (Å²) < 4.78 is 5.98. The van der Waals surface area contributed by atoms with Gasteiger partial charge in [-0.15, -0.1) is 10.2 Å².